The van der Waals surface area contributed by atoms with E-state index < -0.39 is 17.7 Å². The molecule has 4 rings (SSSR count). The molecule has 1 fully saturated rings. The van der Waals surface area contributed by atoms with E-state index in [1.807, 2.05) is 24.3 Å². The zero-order chi connectivity index (χ0) is 25.7. The van der Waals surface area contributed by atoms with Crippen LogP contribution in [-0.4, -0.2) is 41.9 Å². The fourth-order valence-electron chi connectivity index (χ4n) is 3.96. The highest BCUT2D eigenvalue weighted by Crippen LogP contribution is 2.30. The number of hydrogen-bond donors (Lipinski definition) is 2. The number of hydrogen-bond acceptors (Lipinski definition) is 6. The van der Waals surface area contributed by atoms with Crippen molar-refractivity contribution in [1.82, 2.24) is 15.2 Å². The van der Waals surface area contributed by atoms with Crippen LogP contribution < -0.4 is 15.4 Å². The van der Waals surface area contributed by atoms with E-state index in [9.17, 15) is 22.8 Å². The Labute approximate surface area is 210 Å². The second kappa shape index (κ2) is 11.0. The Kier molecular flexibility index (Phi) is 7.78. The van der Waals surface area contributed by atoms with E-state index in [2.05, 4.69) is 15.6 Å². The number of rotatable bonds is 7. The van der Waals surface area contributed by atoms with Crippen LogP contribution in [0, 0.1) is 5.92 Å². The maximum atomic E-state index is 13.0. The molecule has 2 N–H and O–H groups in total. The molecule has 0 aliphatic carbocycles. The highest BCUT2D eigenvalue weighted by molar-refractivity contribution is 7.14. The second-order valence-electron chi connectivity index (χ2n) is 8.40. The molecule has 1 saturated heterocycles. The maximum Gasteiger partial charge on any atom is 0.416 e. The van der Waals surface area contributed by atoms with Crippen molar-refractivity contribution in [2.45, 2.75) is 25.6 Å². The van der Waals surface area contributed by atoms with Gasteiger partial charge >= 0.3 is 6.18 Å². The number of thiazole rings is 1. The number of amides is 2. The summed E-state index contributed by atoms with van der Waals surface area (Å²) < 4.78 is 43.9. The molecule has 2 heterocycles. The van der Waals surface area contributed by atoms with E-state index in [-0.39, 0.29) is 24.9 Å². The van der Waals surface area contributed by atoms with E-state index >= 15 is 0 Å². The summed E-state index contributed by atoms with van der Waals surface area (Å²) in [6, 6.07) is 12.2. The fourth-order valence-corrected chi connectivity index (χ4v) is 4.66. The Bertz CT molecular complexity index is 1210. The van der Waals surface area contributed by atoms with Crippen molar-refractivity contribution in [1.29, 1.82) is 0 Å². The maximum absolute atomic E-state index is 13.0. The molecular weight excluding hydrogens is 493 g/mol. The number of nitrogens with zero attached hydrogens (tertiary/aromatic N) is 2. The second-order valence-corrected chi connectivity index (χ2v) is 9.26. The minimum atomic E-state index is -4.44. The Morgan fingerprint density at radius 3 is 2.69 bits per heavy atom. The van der Waals surface area contributed by atoms with Crippen LogP contribution in [0.1, 0.15) is 34.5 Å². The van der Waals surface area contributed by atoms with Gasteiger partial charge in [-0.2, -0.15) is 13.2 Å². The quantitative estimate of drug-likeness (QED) is 0.456. The van der Waals surface area contributed by atoms with Crippen LogP contribution in [0.5, 0.6) is 5.75 Å². The number of likely N-dealkylation sites (tertiary alicyclic amines) is 1. The first-order valence-corrected chi connectivity index (χ1v) is 12.2. The van der Waals surface area contributed by atoms with Crippen LogP contribution in [-0.2, 0) is 17.5 Å². The van der Waals surface area contributed by atoms with Crippen molar-refractivity contribution in [2.75, 3.05) is 25.5 Å². The average Bonchev–Trinajstić information content (AvgIpc) is 3.35. The lowest BCUT2D eigenvalue weighted by molar-refractivity contribution is -0.137. The topological polar surface area (TPSA) is 83.6 Å². The lowest BCUT2D eigenvalue weighted by Gasteiger charge is -2.31. The van der Waals surface area contributed by atoms with Gasteiger partial charge in [0.05, 0.1) is 18.6 Å². The van der Waals surface area contributed by atoms with E-state index in [0.717, 1.165) is 23.6 Å². The Hall–Kier alpha value is -3.60. The van der Waals surface area contributed by atoms with Gasteiger partial charge in [0.15, 0.2) is 5.13 Å². The Morgan fingerprint density at radius 1 is 1.19 bits per heavy atom. The first kappa shape index (κ1) is 25.5. The van der Waals surface area contributed by atoms with Gasteiger partial charge in [0.2, 0.25) is 5.91 Å². The molecule has 2 aromatic carbocycles. The zero-order valence-corrected chi connectivity index (χ0v) is 20.3. The van der Waals surface area contributed by atoms with Crippen LogP contribution in [0.15, 0.2) is 53.9 Å². The normalized spacial score (nSPS) is 15.9. The summed E-state index contributed by atoms with van der Waals surface area (Å²) in [6.45, 7) is 0.723. The molecule has 11 heteroatoms. The summed E-state index contributed by atoms with van der Waals surface area (Å²) in [5, 5.41) is 8.10. The lowest BCUT2D eigenvalue weighted by atomic mass is 9.96. The number of carbonyl (C=O) groups excluding carboxylic acids is 2. The monoisotopic (exact) mass is 518 g/mol. The molecule has 0 saturated carbocycles. The van der Waals surface area contributed by atoms with E-state index in [1.165, 1.54) is 23.5 Å². The number of piperidine rings is 1. The van der Waals surface area contributed by atoms with E-state index in [0.29, 0.717) is 35.8 Å². The number of carbonyl (C=O) groups is 2. The van der Waals surface area contributed by atoms with Crippen LogP contribution in [0.3, 0.4) is 0 Å². The molecule has 0 spiro atoms. The van der Waals surface area contributed by atoms with Gasteiger partial charge in [-0.15, -0.1) is 11.3 Å². The highest BCUT2D eigenvalue weighted by atomic mass is 32.1. The van der Waals surface area contributed by atoms with E-state index in [4.69, 9.17) is 4.74 Å². The number of anilines is 2. The van der Waals surface area contributed by atoms with Gasteiger partial charge in [0.1, 0.15) is 11.4 Å². The van der Waals surface area contributed by atoms with Crippen molar-refractivity contribution in [3.8, 4) is 5.75 Å². The molecule has 2 amide bonds. The van der Waals surface area contributed by atoms with Crippen molar-refractivity contribution >= 4 is 34.0 Å². The van der Waals surface area contributed by atoms with Crippen molar-refractivity contribution in [3.05, 3.63) is 70.7 Å². The molecule has 3 aromatic rings. The summed E-state index contributed by atoms with van der Waals surface area (Å²) in [5.41, 5.74) is 0.703. The van der Waals surface area contributed by atoms with Gasteiger partial charge < -0.3 is 20.3 Å². The summed E-state index contributed by atoms with van der Waals surface area (Å²) in [7, 11) is 1.59. The molecule has 1 aliphatic heterocycles. The molecule has 1 aromatic heterocycles. The van der Waals surface area contributed by atoms with Crippen molar-refractivity contribution in [3.63, 3.8) is 0 Å². The summed E-state index contributed by atoms with van der Waals surface area (Å²) >= 11 is 1.30. The van der Waals surface area contributed by atoms with Crippen LogP contribution in [0.25, 0.3) is 0 Å². The molecule has 0 radical (unpaired) electrons. The third kappa shape index (κ3) is 6.34. The molecule has 7 nitrogen and oxygen atoms in total. The minimum Gasteiger partial charge on any atom is -0.497 e. The summed E-state index contributed by atoms with van der Waals surface area (Å²) in [4.78, 5) is 31.7. The molecule has 1 atom stereocenters. The van der Waals surface area contributed by atoms with E-state index in [1.54, 1.807) is 17.4 Å². The number of methoxy groups -OCH3 is 1. The van der Waals surface area contributed by atoms with Gasteiger partial charge in [-0.3, -0.25) is 9.59 Å². The summed E-state index contributed by atoms with van der Waals surface area (Å²) in [6.07, 6.45) is -3.20. The summed E-state index contributed by atoms with van der Waals surface area (Å²) in [5.74, 6) is -0.257. The van der Waals surface area contributed by atoms with Gasteiger partial charge in [0, 0.05) is 30.7 Å². The predicted molar refractivity (Wildman–Crippen MR) is 130 cm³/mol. The van der Waals surface area contributed by atoms with Gasteiger partial charge in [0.25, 0.3) is 5.91 Å². The van der Waals surface area contributed by atoms with Gasteiger partial charge in [-0.25, -0.2) is 4.98 Å². The lowest BCUT2D eigenvalue weighted by Crippen LogP contribution is -2.45. The minimum absolute atomic E-state index is 0.0142. The van der Waals surface area contributed by atoms with Gasteiger partial charge in [-0.1, -0.05) is 12.1 Å². The first-order valence-electron chi connectivity index (χ1n) is 11.3. The van der Waals surface area contributed by atoms with Crippen molar-refractivity contribution in [2.24, 2.45) is 5.92 Å². The average molecular weight is 519 g/mol. The third-order valence-electron chi connectivity index (χ3n) is 5.87. The number of benzene rings is 2. The van der Waals surface area contributed by atoms with Crippen LogP contribution in [0.4, 0.5) is 24.0 Å². The zero-order valence-electron chi connectivity index (χ0n) is 19.5. The van der Waals surface area contributed by atoms with Crippen molar-refractivity contribution < 1.29 is 27.5 Å². The molecule has 36 heavy (non-hydrogen) atoms. The number of nitrogens with one attached hydrogen (secondary N) is 2. The SMILES string of the molecule is COc1ccc(Nc2nc(C(=O)N3CCC[C@H](C(=O)NCc4cccc(C(F)(F)F)c4)C3)cs2)cc1. The number of halogens is 3. The number of ether oxygens (including phenoxy) is 1. The smallest absolute Gasteiger partial charge is 0.416 e. The molecule has 0 unspecified atom stereocenters. The number of alkyl halides is 3. The molecular formula is C25H25F3N4O3S. The molecule has 0 bridgehead atoms. The van der Waals surface area contributed by atoms with Crippen LogP contribution >= 0.6 is 11.3 Å². The fraction of sp³-hybridized carbons (Fsp3) is 0.320. The Balaban J connectivity index is 1.32. The van der Waals surface area contributed by atoms with Gasteiger partial charge in [-0.05, 0) is 54.8 Å². The molecule has 190 valence electrons. The predicted octanol–water partition coefficient (Wildman–Crippen LogP) is 5.08. The standard InChI is InChI=1S/C25H25F3N4O3S/c1-35-20-9-7-19(8-10-20)30-24-31-21(15-36-24)23(34)32-11-3-5-17(14-32)22(33)29-13-16-4-2-6-18(12-16)25(26,27)28/h2,4,6-10,12,15,17H,3,5,11,13-14H2,1H3,(H,29,33)(H,30,31)/t17-/m0/s1. The Morgan fingerprint density at radius 2 is 1.97 bits per heavy atom. The van der Waals surface area contributed by atoms with Crippen LogP contribution in [0.2, 0.25) is 0 Å². The first-order chi connectivity index (χ1) is 17.2. The largest absolute Gasteiger partial charge is 0.497 e. The third-order valence-corrected chi connectivity index (χ3v) is 6.62. The number of aromatic nitrogens is 1. The molecule has 1 aliphatic rings. The highest BCUT2D eigenvalue weighted by Gasteiger charge is 2.31.